The van der Waals surface area contributed by atoms with E-state index in [1.807, 2.05) is 25.1 Å². The van der Waals surface area contributed by atoms with E-state index in [1.54, 1.807) is 31.3 Å². The number of nitrogens with zero attached hydrogens (tertiary/aromatic N) is 1. The third-order valence-electron chi connectivity index (χ3n) is 5.28. The Morgan fingerprint density at radius 3 is 2.44 bits per heavy atom. The molecule has 9 nitrogen and oxygen atoms in total. The lowest BCUT2D eigenvalue weighted by atomic mass is 9.99. The molecule has 1 aromatic carbocycles. The number of ether oxygens (including phenoxy) is 2. The average Bonchev–Trinajstić information content (AvgIpc) is 3.06. The normalized spacial score (nSPS) is 18.3. The third kappa shape index (κ3) is 6.80. The summed E-state index contributed by atoms with van der Waals surface area (Å²) in [6, 6.07) is 10.7. The number of pyridine rings is 1. The summed E-state index contributed by atoms with van der Waals surface area (Å²) in [7, 11) is 0. The molecule has 0 saturated carbocycles. The molecule has 0 aliphatic carbocycles. The topological polar surface area (TPSA) is 132 Å². The Kier molecular flexibility index (Phi) is 8.27. The van der Waals surface area contributed by atoms with E-state index >= 15 is 0 Å². The van der Waals surface area contributed by atoms with E-state index in [2.05, 4.69) is 10.3 Å². The monoisotopic (exact) mass is 486 g/mol. The van der Waals surface area contributed by atoms with Crippen LogP contribution in [0.15, 0.2) is 42.6 Å². The number of benzene rings is 1. The van der Waals surface area contributed by atoms with Gasteiger partial charge in [-0.05, 0) is 55.3 Å². The van der Waals surface area contributed by atoms with Crippen molar-refractivity contribution < 1.29 is 33.8 Å². The molecule has 1 aliphatic rings. The van der Waals surface area contributed by atoms with Crippen molar-refractivity contribution in [2.24, 2.45) is 0 Å². The number of carbonyl (C=O) groups excluding carboxylic acids is 3. The van der Waals surface area contributed by atoms with E-state index in [4.69, 9.17) is 14.6 Å². The Labute approximate surface area is 201 Å². The van der Waals surface area contributed by atoms with Gasteiger partial charge in [-0.15, -0.1) is 0 Å². The number of esters is 1. The van der Waals surface area contributed by atoms with Crippen LogP contribution >= 0.6 is 11.8 Å². The molecule has 34 heavy (non-hydrogen) atoms. The maximum Gasteiger partial charge on any atom is 0.307 e. The van der Waals surface area contributed by atoms with E-state index < -0.39 is 22.8 Å². The number of aryl methyl sites for hydroxylation is 1. The number of aromatic nitrogens is 1. The maximum absolute atomic E-state index is 12.1. The van der Waals surface area contributed by atoms with E-state index in [0.29, 0.717) is 17.7 Å². The van der Waals surface area contributed by atoms with Gasteiger partial charge >= 0.3 is 11.9 Å². The summed E-state index contributed by atoms with van der Waals surface area (Å²) >= 11 is 0.979. The summed E-state index contributed by atoms with van der Waals surface area (Å²) in [4.78, 5) is 50.8. The van der Waals surface area contributed by atoms with Crippen LogP contribution in [0.3, 0.4) is 0 Å². The van der Waals surface area contributed by atoms with Gasteiger partial charge in [0.1, 0.15) is 17.1 Å². The first kappa shape index (κ1) is 25.2. The van der Waals surface area contributed by atoms with Gasteiger partial charge in [-0.25, -0.2) is 0 Å². The minimum Gasteiger partial charge on any atom is -0.489 e. The average molecular weight is 487 g/mol. The summed E-state index contributed by atoms with van der Waals surface area (Å²) in [6.45, 7) is 3.72. The highest BCUT2D eigenvalue weighted by molar-refractivity contribution is 8.16. The van der Waals surface area contributed by atoms with Crippen LogP contribution in [0, 0.1) is 0 Å². The molecule has 0 spiro atoms. The van der Waals surface area contributed by atoms with Gasteiger partial charge < -0.3 is 14.6 Å². The largest absolute Gasteiger partial charge is 0.489 e. The number of carboxylic acids is 1. The number of thioether (sulfide) groups is 1. The fourth-order valence-electron chi connectivity index (χ4n) is 3.34. The Balaban J connectivity index is 1.65. The van der Waals surface area contributed by atoms with Gasteiger partial charge in [-0.1, -0.05) is 25.1 Å². The summed E-state index contributed by atoms with van der Waals surface area (Å²) in [5.74, 6) is -1.50. The van der Waals surface area contributed by atoms with Crippen LogP contribution in [-0.4, -0.2) is 44.5 Å². The van der Waals surface area contributed by atoms with Crippen LogP contribution in [-0.2, 0) is 32.0 Å². The van der Waals surface area contributed by atoms with E-state index in [-0.39, 0.29) is 30.6 Å². The number of nitrogens with one attached hydrogen (secondary N) is 1. The van der Waals surface area contributed by atoms with Gasteiger partial charge in [-0.3, -0.25) is 29.5 Å². The van der Waals surface area contributed by atoms with Gasteiger partial charge in [0.05, 0.1) is 12.8 Å². The molecule has 10 heteroatoms. The fraction of sp³-hybridized carbons (Fsp3) is 0.375. The van der Waals surface area contributed by atoms with Crippen molar-refractivity contribution in [2.45, 2.75) is 50.4 Å². The standard InChI is InChI=1S/C24H26N2O7S/c1-3-17-7-6-16(13-25-17)19(33-21(29)11-10-20(27)28)14-32-18-8-4-15(5-9-18)12-24(2)22(30)26-23(31)34-24/h4-9,13,19H,3,10-12,14H2,1-2H3,(H,27,28)(H,26,30,31). The van der Waals surface area contributed by atoms with Crippen LogP contribution in [0.2, 0.25) is 0 Å². The van der Waals surface area contributed by atoms with Gasteiger partial charge in [-0.2, -0.15) is 0 Å². The number of aliphatic carboxylic acids is 1. The highest BCUT2D eigenvalue weighted by Crippen LogP contribution is 2.35. The first-order chi connectivity index (χ1) is 16.2. The zero-order chi connectivity index (χ0) is 24.7. The highest BCUT2D eigenvalue weighted by atomic mass is 32.2. The lowest BCUT2D eigenvalue weighted by Crippen LogP contribution is -2.35. The van der Waals surface area contributed by atoms with Crippen LogP contribution in [0.4, 0.5) is 4.79 Å². The highest BCUT2D eigenvalue weighted by Gasteiger charge is 2.43. The molecule has 0 bridgehead atoms. The Bertz CT molecular complexity index is 1060. The summed E-state index contributed by atoms with van der Waals surface area (Å²) in [5.41, 5.74) is 2.39. The van der Waals surface area contributed by atoms with Crippen molar-refractivity contribution in [3.63, 3.8) is 0 Å². The molecular weight excluding hydrogens is 460 g/mol. The molecule has 1 saturated heterocycles. The van der Waals surface area contributed by atoms with E-state index in [1.165, 1.54) is 0 Å². The molecule has 1 aromatic heterocycles. The van der Waals surface area contributed by atoms with Crippen LogP contribution in [0.1, 0.15) is 49.6 Å². The number of carbonyl (C=O) groups is 4. The van der Waals surface area contributed by atoms with E-state index in [9.17, 15) is 19.2 Å². The Morgan fingerprint density at radius 2 is 1.88 bits per heavy atom. The van der Waals surface area contributed by atoms with Crippen molar-refractivity contribution in [2.75, 3.05) is 6.61 Å². The summed E-state index contributed by atoms with van der Waals surface area (Å²) in [6.07, 6.45) is 1.44. The molecule has 2 aromatic rings. The molecule has 180 valence electrons. The van der Waals surface area contributed by atoms with Gasteiger partial charge in [0.2, 0.25) is 5.91 Å². The molecule has 2 heterocycles. The fourth-order valence-corrected chi connectivity index (χ4v) is 4.28. The number of amides is 2. The zero-order valence-electron chi connectivity index (χ0n) is 18.9. The minimum atomic E-state index is -1.08. The molecular formula is C24H26N2O7S. The van der Waals surface area contributed by atoms with Crippen LogP contribution in [0.25, 0.3) is 0 Å². The minimum absolute atomic E-state index is 0.00971. The predicted molar refractivity (Wildman–Crippen MR) is 124 cm³/mol. The molecule has 0 radical (unpaired) electrons. The van der Waals surface area contributed by atoms with Crippen LogP contribution < -0.4 is 10.1 Å². The molecule has 2 unspecified atom stereocenters. The number of rotatable bonds is 11. The van der Waals surface area contributed by atoms with Crippen molar-refractivity contribution in [3.8, 4) is 5.75 Å². The number of carboxylic acid groups (broad SMARTS) is 1. The first-order valence-corrected chi connectivity index (χ1v) is 11.6. The molecule has 1 aliphatic heterocycles. The van der Waals surface area contributed by atoms with Gasteiger partial charge in [0, 0.05) is 17.5 Å². The quantitative estimate of drug-likeness (QED) is 0.458. The molecule has 2 N–H and O–H groups in total. The second-order valence-electron chi connectivity index (χ2n) is 8.01. The van der Waals surface area contributed by atoms with Crippen molar-refractivity contribution in [3.05, 3.63) is 59.4 Å². The zero-order valence-corrected chi connectivity index (χ0v) is 19.7. The Hall–Kier alpha value is -3.40. The molecule has 2 amide bonds. The van der Waals surface area contributed by atoms with Crippen LogP contribution in [0.5, 0.6) is 5.75 Å². The number of hydrogen-bond donors (Lipinski definition) is 2. The first-order valence-electron chi connectivity index (χ1n) is 10.8. The maximum atomic E-state index is 12.1. The molecule has 1 fully saturated rings. The lowest BCUT2D eigenvalue weighted by Gasteiger charge is -2.20. The SMILES string of the molecule is CCc1ccc(C(COc2ccc(CC3(C)SC(=O)NC3=O)cc2)OC(=O)CCC(=O)O)cn1. The predicted octanol–water partition coefficient (Wildman–Crippen LogP) is 3.46. The third-order valence-corrected chi connectivity index (χ3v) is 6.35. The lowest BCUT2D eigenvalue weighted by molar-refractivity contribution is -0.153. The van der Waals surface area contributed by atoms with E-state index in [0.717, 1.165) is 29.4 Å². The number of imide groups is 1. The van der Waals surface area contributed by atoms with Crippen molar-refractivity contribution in [1.82, 2.24) is 10.3 Å². The van der Waals surface area contributed by atoms with Crippen molar-refractivity contribution in [1.29, 1.82) is 0 Å². The second-order valence-corrected chi connectivity index (χ2v) is 9.49. The van der Waals surface area contributed by atoms with Gasteiger partial charge in [0.15, 0.2) is 6.10 Å². The van der Waals surface area contributed by atoms with Crippen molar-refractivity contribution >= 4 is 34.8 Å². The second kappa shape index (κ2) is 11.1. The summed E-state index contributed by atoms with van der Waals surface area (Å²) in [5, 5.41) is 10.8. The smallest absolute Gasteiger partial charge is 0.307 e. The molecule has 3 rings (SSSR count). The summed E-state index contributed by atoms with van der Waals surface area (Å²) < 4.78 is 10.5. The van der Waals surface area contributed by atoms with Gasteiger partial charge in [0.25, 0.3) is 5.24 Å². The Morgan fingerprint density at radius 1 is 1.15 bits per heavy atom. The number of hydrogen-bond acceptors (Lipinski definition) is 8. The molecule has 2 atom stereocenters.